The van der Waals surface area contributed by atoms with Crippen molar-refractivity contribution >= 4 is 18.2 Å². The summed E-state index contributed by atoms with van der Waals surface area (Å²) in [7, 11) is 0. The van der Waals surface area contributed by atoms with E-state index < -0.39 is 6.03 Å². The summed E-state index contributed by atoms with van der Waals surface area (Å²) in [6.45, 7) is 4.67. The number of aromatic nitrogens is 2. The van der Waals surface area contributed by atoms with Crippen molar-refractivity contribution in [2.75, 3.05) is 6.54 Å². The van der Waals surface area contributed by atoms with Gasteiger partial charge in [0.15, 0.2) is 0 Å². The fourth-order valence-corrected chi connectivity index (χ4v) is 3.15. The number of rotatable bonds is 5. The van der Waals surface area contributed by atoms with Crippen LogP contribution in [0.2, 0.25) is 0 Å². The molecular formula is C22H21N5O2. The van der Waals surface area contributed by atoms with Gasteiger partial charge in [0, 0.05) is 17.3 Å². The zero-order valence-electron chi connectivity index (χ0n) is 16.3. The van der Waals surface area contributed by atoms with Gasteiger partial charge < -0.3 is 0 Å². The number of hydrogen-bond acceptors (Lipinski definition) is 4. The van der Waals surface area contributed by atoms with Crippen LogP contribution in [-0.4, -0.2) is 39.5 Å². The Morgan fingerprint density at radius 2 is 1.90 bits per heavy atom. The molecule has 0 atom stereocenters. The number of urea groups is 1. The van der Waals surface area contributed by atoms with Crippen molar-refractivity contribution in [1.82, 2.24) is 20.1 Å². The molecule has 1 saturated heterocycles. The third-order valence-electron chi connectivity index (χ3n) is 4.87. The minimum Gasteiger partial charge on any atom is -0.275 e. The van der Waals surface area contributed by atoms with Gasteiger partial charge in [-0.3, -0.25) is 14.8 Å². The van der Waals surface area contributed by atoms with Crippen molar-refractivity contribution in [3.05, 3.63) is 77.0 Å². The van der Waals surface area contributed by atoms with Crippen molar-refractivity contribution in [2.24, 2.45) is 5.10 Å². The molecule has 3 amide bonds. The third kappa shape index (κ3) is 4.08. The van der Waals surface area contributed by atoms with Crippen molar-refractivity contribution in [3.63, 3.8) is 0 Å². The van der Waals surface area contributed by atoms with E-state index in [-0.39, 0.29) is 12.5 Å². The summed E-state index contributed by atoms with van der Waals surface area (Å²) < 4.78 is 1.86. The lowest BCUT2D eigenvalue weighted by Crippen LogP contribution is -2.24. The lowest BCUT2D eigenvalue weighted by atomic mass is 10.0. The molecule has 2 aromatic carbocycles. The molecule has 0 unspecified atom stereocenters. The van der Waals surface area contributed by atoms with Crippen molar-refractivity contribution in [3.8, 4) is 11.3 Å². The van der Waals surface area contributed by atoms with Gasteiger partial charge in [-0.25, -0.2) is 9.80 Å². The van der Waals surface area contributed by atoms with Crippen LogP contribution in [0.25, 0.3) is 11.3 Å². The molecule has 1 aliphatic rings. The maximum absolute atomic E-state index is 11.7. The number of benzene rings is 2. The molecule has 1 aromatic heterocycles. The van der Waals surface area contributed by atoms with Gasteiger partial charge in [-0.1, -0.05) is 42.5 Å². The van der Waals surface area contributed by atoms with Crippen LogP contribution in [0.15, 0.2) is 59.8 Å². The number of hydrogen-bond donors (Lipinski definition) is 1. The van der Waals surface area contributed by atoms with Crippen LogP contribution in [0, 0.1) is 13.8 Å². The second kappa shape index (κ2) is 7.71. The van der Waals surface area contributed by atoms with Crippen LogP contribution in [0.4, 0.5) is 4.79 Å². The zero-order valence-corrected chi connectivity index (χ0v) is 16.3. The van der Waals surface area contributed by atoms with E-state index in [9.17, 15) is 9.59 Å². The third-order valence-corrected chi connectivity index (χ3v) is 4.87. The number of carbonyl (C=O) groups excluding carboxylic acids is 2. The molecule has 0 spiro atoms. The van der Waals surface area contributed by atoms with E-state index in [1.54, 1.807) is 6.21 Å². The Bertz CT molecular complexity index is 1100. The SMILES string of the molecule is Cc1ccc(-c2nn(Cc3ccccc3)cc2/C=N\N2CC(=O)NC2=O)cc1C. The molecule has 4 rings (SSSR count). The van der Waals surface area contributed by atoms with E-state index in [0.29, 0.717) is 6.54 Å². The summed E-state index contributed by atoms with van der Waals surface area (Å²) >= 11 is 0. The zero-order chi connectivity index (χ0) is 20.4. The molecular weight excluding hydrogens is 366 g/mol. The second-order valence-electron chi connectivity index (χ2n) is 7.07. The summed E-state index contributed by atoms with van der Waals surface area (Å²) in [5.74, 6) is -0.360. The average molecular weight is 387 g/mol. The van der Waals surface area contributed by atoms with Crippen LogP contribution < -0.4 is 5.32 Å². The van der Waals surface area contributed by atoms with Gasteiger partial charge in [0.2, 0.25) is 5.91 Å². The number of hydrazone groups is 1. The summed E-state index contributed by atoms with van der Waals surface area (Å²) in [5, 5.41) is 12.3. The van der Waals surface area contributed by atoms with Crippen LogP contribution in [0.1, 0.15) is 22.3 Å². The molecule has 1 N–H and O–H groups in total. The molecule has 0 radical (unpaired) electrons. The Labute approximate surface area is 168 Å². The number of imide groups is 1. The standard InChI is InChI=1S/C22H21N5O2/c1-15-8-9-18(10-16(15)2)21-19(11-23-27-14-20(28)24-22(27)29)13-26(25-21)12-17-6-4-3-5-7-17/h3-11,13H,12,14H2,1-2H3,(H,24,28,29)/b23-11-. The van der Waals surface area contributed by atoms with Gasteiger partial charge in [-0.2, -0.15) is 10.2 Å². The first-order valence-corrected chi connectivity index (χ1v) is 9.34. The van der Waals surface area contributed by atoms with Crippen LogP contribution in [-0.2, 0) is 11.3 Å². The number of nitrogens with one attached hydrogen (secondary N) is 1. The number of aryl methyl sites for hydroxylation is 2. The number of amides is 3. The van der Waals surface area contributed by atoms with Gasteiger partial charge in [0.25, 0.3) is 0 Å². The molecule has 146 valence electrons. The quantitative estimate of drug-likeness (QED) is 0.540. The lowest BCUT2D eigenvalue weighted by Gasteiger charge is -2.05. The minimum absolute atomic E-state index is 0.0769. The first kappa shape index (κ1) is 18.6. The highest BCUT2D eigenvalue weighted by Crippen LogP contribution is 2.24. The molecule has 29 heavy (non-hydrogen) atoms. The Morgan fingerprint density at radius 1 is 1.10 bits per heavy atom. The smallest absolute Gasteiger partial charge is 0.275 e. The van der Waals surface area contributed by atoms with Gasteiger partial charge in [-0.05, 0) is 36.6 Å². The summed E-state index contributed by atoms with van der Waals surface area (Å²) in [6, 6.07) is 15.7. The first-order valence-electron chi connectivity index (χ1n) is 9.34. The van der Waals surface area contributed by atoms with Crippen molar-refractivity contribution in [2.45, 2.75) is 20.4 Å². The van der Waals surface area contributed by atoms with E-state index in [1.807, 2.05) is 47.3 Å². The average Bonchev–Trinajstić information content (AvgIpc) is 3.25. The predicted molar refractivity (Wildman–Crippen MR) is 111 cm³/mol. The summed E-state index contributed by atoms with van der Waals surface area (Å²) in [6.07, 6.45) is 3.48. The van der Waals surface area contributed by atoms with Crippen LogP contribution in [0.3, 0.4) is 0 Å². The summed E-state index contributed by atoms with van der Waals surface area (Å²) in [4.78, 5) is 23.1. The summed E-state index contributed by atoms with van der Waals surface area (Å²) in [5.41, 5.74) is 6.04. The van der Waals surface area contributed by atoms with E-state index in [4.69, 9.17) is 5.10 Å². The maximum Gasteiger partial charge on any atom is 0.344 e. The van der Waals surface area contributed by atoms with Gasteiger partial charge in [0.1, 0.15) is 12.2 Å². The molecule has 7 heteroatoms. The Balaban J connectivity index is 1.70. The van der Waals surface area contributed by atoms with E-state index in [0.717, 1.165) is 27.4 Å². The maximum atomic E-state index is 11.7. The predicted octanol–water partition coefficient (Wildman–Crippen LogP) is 3.10. The Hall–Kier alpha value is -3.74. The number of carbonyl (C=O) groups is 2. The molecule has 0 bridgehead atoms. The molecule has 1 fully saturated rings. The van der Waals surface area contributed by atoms with Gasteiger partial charge in [-0.15, -0.1) is 0 Å². The van der Waals surface area contributed by atoms with E-state index in [1.165, 1.54) is 11.1 Å². The van der Waals surface area contributed by atoms with Crippen molar-refractivity contribution < 1.29 is 9.59 Å². The molecule has 7 nitrogen and oxygen atoms in total. The van der Waals surface area contributed by atoms with E-state index in [2.05, 4.69) is 36.4 Å². The molecule has 3 aromatic rings. The van der Waals surface area contributed by atoms with Crippen LogP contribution >= 0.6 is 0 Å². The highest BCUT2D eigenvalue weighted by molar-refractivity contribution is 6.02. The molecule has 2 heterocycles. The first-order chi connectivity index (χ1) is 14.0. The normalized spacial score (nSPS) is 14.1. The topological polar surface area (TPSA) is 79.6 Å². The van der Waals surface area contributed by atoms with Gasteiger partial charge in [0.05, 0.1) is 12.8 Å². The lowest BCUT2D eigenvalue weighted by molar-refractivity contribution is -0.118. The second-order valence-corrected chi connectivity index (χ2v) is 7.07. The molecule has 0 aliphatic carbocycles. The molecule has 1 aliphatic heterocycles. The van der Waals surface area contributed by atoms with Crippen molar-refractivity contribution in [1.29, 1.82) is 0 Å². The molecule has 0 saturated carbocycles. The highest BCUT2D eigenvalue weighted by Gasteiger charge is 2.26. The fourth-order valence-electron chi connectivity index (χ4n) is 3.15. The largest absolute Gasteiger partial charge is 0.344 e. The monoisotopic (exact) mass is 387 g/mol. The Morgan fingerprint density at radius 3 is 2.59 bits per heavy atom. The highest BCUT2D eigenvalue weighted by atomic mass is 16.2. The Kier molecular flexibility index (Phi) is 4.95. The van der Waals surface area contributed by atoms with E-state index >= 15 is 0 Å². The fraction of sp³-hybridized carbons (Fsp3) is 0.182. The van der Waals surface area contributed by atoms with Crippen LogP contribution in [0.5, 0.6) is 0 Å². The minimum atomic E-state index is -0.518. The van der Waals surface area contributed by atoms with Gasteiger partial charge >= 0.3 is 6.03 Å². The number of nitrogens with zero attached hydrogens (tertiary/aromatic N) is 4.